The zero-order valence-electron chi connectivity index (χ0n) is 15.5. The predicted molar refractivity (Wildman–Crippen MR) is 104 cm³/mol. The number of nitrogens with one attached hydrogen (secondary N) is 1. The number of hydrogen-bond donors (Lipinski definition) is 1. The van der Waals surface area contributed by atoms with Gasteiger partial charge in [0, 0.05) is 24.3 Å². The molecule has 0 saturated heterocycles. The zero-order valence-corrected chi connectivity index (χ0v) is 15.5. The number of carbonyl (C=O) groups is 1. The van der Waals surface area contributed by atoms with Crippen LogP contribution in [0.3, 0.4) is 0 Å². The molecule has 0 atom stereocenters. The Morgan fingerprint density at radius 3 is 2.87 bits per heavy atom. The Kier molecular flexibility index (Phi) is 4.05. The van der Waals surface area contributed by atoms with Crippen molar-refractivity contribution in [3.63, 3.8) is 0 Å². The van der Waals surface area contributed by atoms with Gasteiger partial charge in [0.2, 0.25) is 0 Å². The summed E-state index contributed by atoms with van der Waals surface area (Å²) in [6, 6.07) is 10.1. The molecule has 0 fully saturated rings. The molecular weight excluding hydrogens is 391 g/mol. The maximum Gasteiger partial charge on any atom is 0.275 e. The highest BCUT2D eigenvalue weighted by Crippen LogP contribution is 2.22. The molecule has 2 aromatic carbocycles. The summed E-state index contributed by atoms with van der Waals surface area (Å²) >= 11 is 0. The second kappa shape index (κ2) is 6.88. The van der Waals surface area contributed by atoms with E-state index in [0.717, 1.165) is 0 Å². The van der Waals surface area contributed by atoms with Crippen LogP contribution in [0.5, 0.6) is 5.88 Å². The van der Waals surface area contributed by atoms with Crippen LogP contribution in [0.15, 0.2) is 55.0 Å². The lowest BCUT2D eigenvalue weighted by atomic mass is 10.2. The van der Waals surface area contributed by atoms with E-state index in [1.165, 1.54) is 28.0 Å². The summed E-state index contributed by atoms with van der Waals surface area (Å²) in [6.45, 7) is 0. The average Bonchev–Trinajstić information content (AvgIpc) is 3.32. The molecule has 0 spiro atoms. The molecule has 10 nitrogen and oxygen atoms in total. The minimum atomic E-state index is -0.539. The molecule has 30 heavy (non-hydrogen) atoms. The van der Waals surface area contributed by atoms with Crippen molar-refractivity contribution in [3.8, 4) is 5.88 Å². The first-order chi connectivity index (χ1) is 14.6. The van der Waals surface area contributed by atoms with Gasteiger partial charge in [-0.15, -0.1) is 5.10 Å². The number of nitrogens with zero attached hydrogens (tertiary/aromatic N) is 7. The number of para-hydroxylation sites is 1. The molecule has 148 valence electrons. The SMILES string of the molecule is Cn1cc2cc(NC(=O)c3cnc(On4nnc5ccccc54)cn3)cc(F)c2n1. The van der Waals surface area contributed by atoms with Crippen LogP contribution in [-0.2, 0) is 7.05 Å². The molecule has 0 saturated carbocycles. The van der Waals surface area contributed by atoms with Gasteiger partial charge in [-0.2, -0.15) is 5.10 Å². The highest BCUT2D eigenvalue weighted by atomic mass is 19.1. The molecule has 5 aromatic rings. The molecule has 0 aliphatic carbocycles. The van der Waals surface area contributed by atoms with Crippen LogP contribution < -0.4 is 10.2 Å². The largest absolute Gasteiger partial charge is 0.334 e. The normalized spacial score (nSPS) is 11.1. The number of fused-ring (bicyclic) bond motifs is 2. The van der Waals surface area contributed by atoms with Crippen LogP contribution in [0, 0.1) is 5.82 Å². The van der Waals surface area contributed by atoms with E-state index in [9.17, 15) is 9.18 Å². The maximum absolute atomic E-state index is 14.2. The monoisotopic (exact) mass is 404 g/mol. The molecule has 11 heteroatoms. The van der Waals surface area contributed by atoms with Crippen molar-refractivity contribution in [3.05, 3.63) is 66.5 Å². The van der Waals surface area contributed by atoms with Gasteiger partial charge in [0.25, 0.3) is 11.8 Å². The topological polar surface area (TPSA) is 113 Å². The van der Waals surface area contributed by atoms with Crippen LogP contribution in [0.25, 0.3) is 21.9 Å². The van der Waals surface area contributed by atoms with Gasteiger partial charge in [-0.25, -0.2) is 14.4 Å². The Bertz CT molecular complexity index is 1390. The molecule has 0 aliphatic heterocycles. The zero-order chi connectivity index (χ0) is 20.7. The Hall–Kier alpha value is -4.41. The molecule has 3 aromatic heterocycles. The summed E-state index contributed by atoms with van der Waals surface area (Å²) in [5.74, 6) is -0.939. The molecule has 0 unspecified atom stereocenters. The van der Waals surface area contributed by atoms with E-state index in [-0.39, 0.29) is 22.8 Å². The van der Waals surface area contributed by atoms with E-state index >= 15 is 0 Å². The minimum absolute atomic E-state index is 0.0393. The van der Waals surface area contributed by atoms with E-state index in [1.54, 1.807) is 31.4 Å². The first-order valence-electron chi connectivity index (χ1n) is 8.82. The second-order valence-corrected chi connectivity index (χ2v) is 6.44. The van der Waals surface area contributed by atoms with Gasteiger partial charge in [0.15, 0.2) is 5.82 Å². The van der Waals surface area contributed by atoms with E-state index in [2.05, 4.69) is 30.7 Å². The predicted octanol–water partition coefficient (Wildman–Crippen LogP) is 2.34. The van der Waals surface area contributed by atoms with Crippen LogP contribution in [0.1, 0.15) is 10.5 Å². The fraction of sp³-hybridized carbons (Fsp3) is 0.0526. The third kappa shape index (κ3) is 3.17. The number of aromatic nitrogens is 7. The molecule has 0 radical (unpaired) electrons. The Morgan fingerprint density at radius 2 is 2.03 bits per heavy atom. The van der Waals surface area contributed by atoms with Crippen molar-refractivity contribution in [1.82, 2.24) is 34.9 Å². The summed E-state index contributed by atoms with van der Waals surface area (Å²) in [5.41, 5.74) is 1.89. The number of hydrogen-bond acceptors (Lipinski definition) is 7. The second-order valence-electron chi connectivity index (χ2n) is 6.44. The number of anilines is 1. The van der Waals surface area contributed by atoms with Crippen molar-refractivity contribution in [2.45, 2.75) is 0 Å². The van der Waals surface area contributed by atoms with E-state index < -0.39 is 11.7 Å². The van der Waals surface area contributed by atoms with Crippen molar-refractivity contribution in [1.29, 1.82) is 0 Å². The lowest BCUT2D eigenvalue weighted by molar-refractivity contribution is 0.102. The van der Waals surface area contributed by atoms with Crippen LogP contribution >= 0.6 is 0 Å². The van der Waals surface area contributed by atoms with Crippen LogP contribution in [0.4, 0.5) is 10.1 Å². The summed E-state index contributed by atoms with van der Waals surface area (Å²) < 4.78 is 15.7. The molecule has 5 rings (SSSR count). The average molecular weight is 404 g/mol. The van der Waals surface area contributed by atoms with Gasteiger partial charge in [0.1, 0.15) is 22.2 Å². The first kappa shape index (κ1) is 17.7. The maximum atomic E-state index is 14.2. The van der Waals surface area contributed by atoms with Gasteiger partial charge in [-0.1, -0.05) is 17.0 Å². The van der Waals surface area contributed by atoms with Crippen molar-refractivity contribution >= 4 is 33.5 Å². The van der Waals surface area contributed by atoms with Gasteiger partial charge in [-0.05, 0) is 29.5 Å². The Labute approximate surface area is 167 Å². The van der Waals surface area contributed by atoms with Gasteiger partial charge >= 0.3 is 0 Å². The molecule has 1 N–H and O–H groups in total. The van der Waals surface area contributed by atoms with E-state index in [0.29, 0.717) is 16.4 Å². The first-order valence-corrected chi connectivity index (χ1v) is 8.82. The number of benzene rings is 2. The summed E-state index contributed by atoms with van der Waals surface area (Å²) in [5, 5.41) is 15.1. The van der Waals surface area contributed by atoms with Crippen LogP contribution in [-0.4, -0.2) is 40.8 Å². The molecule has 1 amide bonds. The number of amides is 1. The molecular formula is C19H13FN8O2. The van der Waals surface area contributed by atoms with Crippen LogP contribution in [0.2, 0.25) is 0 Å². The van der Waals surface area contributed by atoms with E-state index in [1.807, 2.05) is 12.1 Å². The highest BCUT2D eigenvalue weighted by Gasteiger charge is 2.13. The Morgan fingerprint density at radius 1 is 1.17 bits per heavy atom. The number of halogens is 1. The van der Waals surface area contributed by atoms with Crippen molar-refractivity contribution in [2.24, 2.45) is 7.05 Å². The third-order valence-electron chi connectivity index (χ3n) is 4.30. The number of carbonyl (C=O) groups excluding carboxylic acids is 1. The molecule has 3 heterocycles. The van der Waals surface area contributed by atoms with Crippen molar-refractivity contribution < 1.29 is 14.0 Å². The lowest BCUT2D eigenvalue weighted by Crippen LogP contribution is -2.15. The Balaban J connectivity index is 1.33. The molecule has 0 aliphatic rings. The standard InChI is InChI=1S/C19H13FN8O2/c1-27-10-11-6-12(7-13(20)18(11)25-27)23-19(29)15-8-22-17(9-21-15)30-28-16-5-3-2-4-14(16)24-26-28/h2-10H,1H3,(H,23,29). The van der Waals surface area contributed by atoms with Gasteiger partial charge in [0.05, 0.1) is 12.4 Å². The quantitative estimate of drug-likeness (QED) is 0.489. The highest BCUT2D eigenvalue weighted by molar-refractivity contribution is 6.03. The smallest absolute Gasteiger partial charge is 0.275 e. The molecule has 0 bridgehead atoms. The summed E-state index contributed by atoms with van der Waals surface area (Å²) in [4.78, 5) is 27.3. The minimum Gasteiger partial charge on any atom is -0.334 e. The number of aryl methyl sites for hydroxylation is 1. The third-order valence-corrected chi connectivity index (χ3v) is 4.30. The van der Waals surface area contributed by atoms with E-state index in [4.69, 9.17) is 4.84 Å². The summed E-state index contributed by atoms with van der Waals surface area (Å²) in [7, 11) is 1.69. The van der Waals surface area contributed by atoms with Crippen molar-refractivity contribution in [2.75, 3.05) is 5.32 Å². The summed E-state index contributed by atoms with van der Waals surface area (Å²) in [6.07, 6.45) is 4.20. The fourth-order valence-corrected chi connectivity index (χ4v) is 2.96. The van der Waals surface area contributed by atoms with Gasteiger partial charge < -0.3 is 10.2 Å². The lowest BCUT2D eigenvalue weighted by Gasteiger charge is -2.06. The van der Waals surface area contributed by atoms with Gasteiger partial charge in [-0.3, -0.25) is 9.48 Å². The fourth-order valence-electron chi connectivity index (χ4n) is 2.96. The number of rotatable bonds is 4.